The molecular formula is C9H24O3Si3. The smallest absolute Gasteiger partial charge is 0.303 e. The Morgan fingerprint density at radius 2 is 1.47 bits per heavy atom. The van der Waals surface area contributed by atoms with Gasteiger partial charge in [-0.3, -0.25) is 0 Å². The van der Waals surface area contributed by atoms with Crippen LogP contribution in [-0.2, 0) is 12.3 Å². The first-order chi connectivity index (χ1) is 7.43. The molecule has 0 N–H and O–H groups in total. The molecule has 1 fully saturated rings. The van der Waals surface area contributed by atoms with Gasteiger partial charge in [0.1, 0.15) is 0 Å². The van der Waals surface area contributed by atoms with E-state index in [0.717, 1.165) is 0 Å². The molecule has 1 rings (SSSR count). The molecule has 1 saturated heterocycles. The van der Waals surface area contributed by atoms with Crippen LogP contribution in [0.5, 0.6) is 0 Å². The SMILES string of the molecule is CCCCCCCCC[SiH]1O[SiH2]O[SiH2]O1. The van der Waals surface area contributed by atoms with E-state index < -0.39 is 29.3 Å². The Balaban J connectivity index is 1.79. The lowest BCUT2D eigenvalue weighted by molar-refractivity contribution is 0.320. The van der Waals surface area contributed by atoms with E-state index >= 15 is 0 Å². The lowest BCUT2D eigenvalue weighted by Gasteiger charge is -2.21. The van der Waals surface area contributed by atoms with Gasteiger partial charge < -0.3 is 12.3 Å². The molecule has 0 radical (unpaired) electrons. The minimum absolute atomic E-state index is 0.591. The zero-order valence-corrected chi connectivity index (χ0v) is 13.9. The van der Waals surface area contributed by atoms with Gasteiger partial charge in [0.15, 0.2) is 0 Å². The average molecular weight is 265 g/mol. The highest BCUT2D eigenvalue weighted by Crippen LogP contribution is 2.11. The van der Waals surface area contributed by atoms with Gasteiger partial charge in [-0.1, -0.05) is 51.9 Å². The fraction of sp³-hybridized carbons (Fsp3) is 1.00. The summed E-state index contributed by atoms with van der Waals surface area (Å²) in [5.74, 6) is 0. The molecule has 0 atom stereocenters. The summed E-state index contributed by atoms with van der Waals surface area (Å²) in [5.41, 5.74) is 0. The standard InChI is InChI=1S/C9H24O3Si3/c1-2-3-4-5-6-7-8-9-15-11-13-10-14-12-15/h15H,2-9,13-14H2,1H3. The van der Waals surface area contributed by atoms with Gasteiger partial charge in [-0.15, -0.1) is 0 Å². The first-order valence-electron chi connectivity index (χ1n) is 6.24. The van der Waals surface area contributed by atoms with Crippen molar-refractivity contribution in [3.63, 3.8) is 0 Å². The van der Waals surface area contributed by atoms with Gasteiger partial charge in [0.05, 0.1) is 0 Å². The second-order valence-corrected chi connectivity index (χ2v) is 10.3. The normalized spacial score (nSPS) is 25.0. The zero-order chi connectivity index (χ0) is 10.8. The Morgan fingerprint density at radius 3 is 2.13 bits per heavy atom. The molecule has 0 aliphatic carbocycles. The van der Waals surface area contributed by atoms with Crippen molar-refractivity contribution in [1.29, 1.82) is 0 Å². The van der Waals surface area contributed by atoms with Crippen molar-refractivity contribution in [2.75, 3.05) is 0 Å². The number of rotatable bonds is 8. The van der Waals surface area contributed by atoms with Crippen molar-refractivity contribution in [3.05, 3.63) is 0 Å². The van der Waals surface area contributed by atoms with Crippen molar-refractivity contribution >= 4 is 29.3 Å². The summed E-state index contributed by atoms with van der Waals surface area (Å²) in [6, 6.07) is 1.22. The van der Waals surface area contributed by atoms with Crippen LogP contribution in [0.2, 0.25) is 6.04 Å². The first-order valence-corrected chi connectivity index (χ1v) is 10.3. The maximum absolute atomic E-state index is 5.59. The van der Waals surface area contributed by atoms with E-state index in [1.807, 2.05) is 0 Å². The molecule has 0 saturated carbocycles. The lowest BCUT2D eigenvalue weighted by atomic mass is 10.1. The Kier molecular flexibility index (Phi) is 8.82. The van der Waals surface area contributed by atoms with Gasteiger partial charge in [0.2, 0.25) is 0 Å². The third kappa shape index (κ3) is 7.42. The predicted octanol–water partition coefficient (Wildman–Crippen LogP) is 1.02. The Morgan fingerprint density at radius 1 is 0.867 bits per heavy atom. The molecule has 0 unspecified atom stereocenters. The maximum Gasteiger partial charge on any atom is 0.303 e. The molecule has 0 amide bonds. The molecule has 3 nitrogen and oxygen atoms in total. The molecular weight excluding hydrogens is 240 g/mol. The van der Waals surface area contributed by atoms with Gasteiger partial charge in [0.25, 0.3) is 20.0 Å². The topological polar surface area (TPSA) is 27.7 Å². The molecule has 90 valence electrons. The molecule has 0 aromatic heterocycles. The van der Waals surface area contributed by atoms with Crippen LogP contribution in [0, 0.1) is 0 Å². The number of hydrogen-bond donors (Lipinski definition) is 0. The largest absolute Gasteiger partial charge is 0.425 e. The summed E-state index contributed by atoms with van der Waals surface area (Å²) in [4.78, 5) is 0. The molecule has 6 heteroatoms. The van der Waals surface area contributed by atoms with E-state index in [1.54, 1.807) is 0 Å². The average Bonchev–Trinajstić information content (AvgIpc) is 2.29. The summed E-state index contributed by atoms with van der Waals surface area (Å²) in [6.45, 7) is 2.26. The van der Waals surface area contributed by atoms with Crippen LogP contribution in [0.4, 0.5) is 0 Å². The highest BCUT2D eigenvalue weighted by Gasteiger charge is 2.16. The number of hydrogen-bond acceptors (Lipinski definition) is 3. The summed E-state index contributed by atoms with van der Waals surface area (Å²) in [5, 5.41) is 0. The zero-order valence-electron chi connectivity index (χ0n) is 9.87. The van der Waals surface area contributed by atoms with E-state index in [0.29, 0.717) is 0 Å². The van der Waals surface area contributed by atoms with Gasteiger partial charge in [-0.2, -0.15) is 0 Å². The van der Waals surface area contributed by atoms with Crippen molar-refractivity contribution in [1.82, 2.24) is 0 Å². The second kappa shape index (κ2) is 9.74. The molecule has 1 aliphatic rings. The van der Waals surface area contributed by atoms with Crippen molar-refractivity contribution in [2.45, 2.75) is 57.9 Å². The summed E-state index contributed by atoms with van der Waals surface area (Å²) >= 11 is 0. The van der Waals surface area contributed by atoms with Crippen LogP contribution in [0.3, 0.4) is 0 Å². The minimum atomic E-state index is -1.19. The Bertz CT molecular complexity index is 143. The van der Waals surface area contributed by atoms with Crippen molar-refractivity contribution in [2.24, 2.45) is 0 Å². The first kappa shape index (κ1) is 13.6. The van der Waals surface area contributed by atoms with Crippen LogP contribution >= 0.6 is 0 Å². The van der Waals surface area contributed by atoms with Gasteiger partial charge >= 0.3 is 9.28 Å². The summed E-state index contributed by atoms with van der Waals surface area (Å²) < 4.78 is 16.4. The quantitative estimate of drug-likeness (QED) is 0.484. The Labute approximate surface area is 99.9 Å². The van der Waals surface area contributed by atoms with Crippen LogP contribution < -0.4 is 0 Å². The Hall–Kier alpha value is 0.531. The van der Waals surface area contributed by atoms with Crippen LogP contribution in [0.25, 0.3) is 0 Å². The van der Waals surface area contributed by atoms with E-state index in [4.69, 9.17) is 12.3 Å². The van der Waals surface area contributed by atoms with E-state index in [-0.39, 0.29) is 0 Å². The monoisotopic (exact) mass is 264 g/mol. The lowest BCUT2D eigenvalue weighted by Crippen LogP contribution is -2.34. The van der Waals surface area contributed by atoms with Crippen LogP contribution in [-0.4, -0.2) is 29.3 Å². The molecule has 0 aromatic carbocycles. The maximum atomic E-state index is 5.59. The molecule has 0 spiro atoms. The highest BCUT2D eigenvalue weighted by atomic mass is 28.4. The fourth-order valence-electron chi connectivity index (χ4n) is 1.76. The fourth-order valence-corrected chi connectivity index (χ4v) is 8.96. The summed E-state index contributed by atoms with van der Waals surface area (Å²) in [7, 11) is -2.38. The van der Waals surface area contributed by atoms with E-state index in [1.165, 1.54) is 51.0 Å². The third-order valence-corrected chi connectivity index (χ3v) is 8.99. The van der Waals surface area contributed by atoms with Gasteiger partial charge in [-0.25, -0.2) is 0 Å². The van der Waals surface area contributed by atoms with E-state index in [2.05, 4.69) is 6.92 Å². The second-order valence-electron chi connectivity index (χ2n) is 4.11. The van der Waals surface area contributed by atoms with E-state index in [9.17, 15) is 0 Å². The van der Waals surface area contributed by atoms with Gasteiger partial charge in [-0.05, 0) is 6.04 Å². The van der Waals surface area contributed by atoms with Crippen molar-refractivity contribution < 1.29 is 12.3 Å². The molecule has 1 aliphatic heterocycles. The number of unbranched alkanes of at least 4 members (excludes halogenated alkanes) is 6. The van der Waals surface area contributed by atoms with Crippen molar-refractivity contribution in [3.8, 4) is 0 Å². The summed E-state index contributed by atoms with van der Waals surface area (Å²) in [6.07, 6.45) is 9.64. The molecule has 1 heterocycles. The predicted molar refractivity (Wildman–Crippen MR) is 70.3 cm³/mol. The third-order valence-electron chi connectivity index (χ3n) is 2.72. The minimum Gasteiger partial charge on any atom is -0.425 e. The molecule has 0 bridgehead atoms. The highest BCUT2D eigenvalue weighted by molar-refractivity contribution is 6.61. The van der Waals surface area contributed by atoms with Crippen LogP contribution in [0.15, 0.2) is 0 Å². The van der Waals surface area contributed by atoms with Crippen LogP contribution in [0.1, 0.15) is 51.9 Å². The molecule has 0 aromatic rings. The molecule has 15 heavy (non-hydrogen) atoms. The van der Waals surface area contributed by atoms with Gasteiger partial charge in [0, 0.05) is 0 Å².